The van der Waals surface area contributed by atoms with Crippen LogP contribution >= 0.6 is 0 Å². The maximum atomic E-state index is 12.9. The van der Waals surface area contributed by atoms with Gasteiger partial charge in [-0.05, 0) is 525 Å². The lowest BCUT2D eigenvalue weighted by molar-refractivity contribution is -0.220. The maximum Gasteiger partial charge on any atom is 0.312 e. The Labute approximate surface area is 815 Å². The molecular formula is C120H216O12. The average molecular weight is 1850 g/mol. The molecule has 0 aromatic heterocycles. The molecule has 24 bridgehead atoms. The van der Waals surface area contributed by atoms with Gasteiger partial charge >= 0.3 is 35.8 Å². The Morgan fingerprint density at radius 1 is 0.258 bits per heavy atom. The maximum absolute atomic E-state index is 12.9. The predicted molar refractivity (Wildman–Crippen MR) is 549 cm³/mol. The van der Waals surface area contributed by atoms with Gasteiger partial charge in [-0.1, -0.05) is 120 Å². The predicted octanol–water partition coefficient (Wildman–Crippen LogP) is 33.6. The molecule has 132 heavy (non-hydrogen) atoms. The Morgan fingerprint density at radius 3 is 0.803 bits per heavy atom. The highest BCUT2D eigenvalue weighted by Gasteiger charge is 2.68. The van der Waals surface area contributed by atoms with Crippen LogP contribution in [0.15, 0.2) is 0 Å². The molecule has 0 amide bonds. The summed E-state index contributed by atoms with van der Waals surface area (Å²) in [5.41, 5.74) is -2.60. The molecule has 0 radical (unpaired) electrons. The molecule has 768 valence electrons. The monoisotopic (exact) mass is 1850 g/mol. The van der Waals surface area contributed by atoms with Gasteiger partial charge in [0.05, 0.1) is 32.5 Å². The van der Waals surface area contributed by atoms with Gasteiger partial charge in [-0.3, -0.25) is 28.8 Å². The molecule has 24 fully saturated rings. The molecule has 0 aromatic carbocycles. The van der Waals surface area contributed by atoms with E-state index in [1.807, 2.05) is 83.1 Å². The van der Waals surface area contributed by atoms with Crippen LogP contribution in [0.2, 0.25) is 0 Å². The largest absolute Gasteiger partial charge is 0.459 e. The zero-order valence-corrected chi connectivity index (χ0v) is 86.3. The highest BCUT2D eigenvalue weighted by Crippen LogP contribution is 2.72. The van der Waals surface area contributed by atoms with Crippen LogP contribution in [-0.4, -0.2) is 69.4 Å². The van der Waals surface area contributed by atoms with E-state index < -0.39 is 0 Å². The zero-order chi connectivity index (χ0) is 92.2. The normalized spacial score (nSPS) is 38.4. The van der Waals surface area contributed by atoms with Crippen molar-refractivity contribution in [2.75, 3.05) is 0 Å². The molecular weight excluding hydrogens is 1630 g/mol. The summed E-state index contributed by atoms with van der Waals surface area (Å²) in [7, 11) is 0. The van der Waals surface area contributed by atoms with E-state index >= 15 is 0 Å². The molecule has 3 atom stereocenters. The van der Waals surface area contributed by atoms with E-state index in [-0.39, 0.29) is 163 Å². The Hall–Kier alpha value is -3.18. The first-order valence-electron chi connectivity index (χ1n) is 54.2. The summed E-state index contributed by atoms with van der Waals surface area (Å²) in [5.74, 6) is 17.5. The van der Waals surface area contributed by atoms with Gasteiger partial charge in [-0.2, -0.15) is 0 Å². The first-order chi connectivity index (χ1) is 58.8. The number of ether oxygens (including phenoxy) is 6. The van der Waals surface area contributed by atoms with Crippen LogP contribution in [0, 0.1) is 173 Å². The summed E-state index contributed by atoms with van der Waals surface area (Å²) in [4.78, 5) is 76.0. The van der Waals surface area contributed by atoms with Crippen molar-refractivity contribution in [3.63, 3.8) is 0 Å². The minimum Gasteiger partial charge on any atom is -0.459 e. The van der Waals surface area contributed by atoms with E-state index in [1.165, 1.54) is 225 Å². The standard InChI is InChI=1S/C22H38O2.C20H34O2.C19H32O2.2C18H30O2.C17H28O2.6CH4/c1-6-8-9-21(5,24-19(23)20(3,4)7-2)22-13-16-10-17(14-22)12-18(11-16)15-22;1-5-7-8-20(22-18(21)19(3,4)6-2)16-10-14-9-15(12-16)13-17(20)11-14;1-6-17(2,3)16(20)21-18(4,5)19-10-13-7-14(11-19)9-15(8-13)12-19;1-6-16(2,3)15(19)20-17(4,5)18-10-12-7-13(11-18)9-14(18)8-12;1-5-17(3,4)16(19)20-18(6-2)14-8-12-7-13(10-14)11-15(18)9-12;1-5-16(2,3)15(18)19-17(4)13-7-11-6-12(9-13)10-14(17)8-11;;;;;;/h16-18H,6-15H2,1-5H3;14-17H,5-13H2,1-4H3;13-15H,6-12H2,1-5H3;12-14H,6-11H2,1-5H3;12-15H,5-11H2,1-4H3;11-14H,5-10H2,1-4H3;6*1H4. The van der Waals surface area contributed by atoms with Crippen molar-refractivity contribution in [1.82, 2.24) is 0 Å². The van der Waals surface area contributed by atoms with Crippen LogP contribution < -0.4 is 0 Å². The Balaban J connectivity index is 0.000000215. The van der Waals surface area contributed by atoms with Crippen LogP contribution in [0.5, 0.6) is 0 Å². The minimum absolute atomic E-state index is 0. The number of unbranched alkanes of at least 4 members (excludes halogenated alkanes) is 2. The van der Waals surface area contributed by atoms with Gasteiger partial charge in [0.1, 0.15) is 33.6 Å². The molecule has 0 N–H and O–H groups in total. The summed E-state index contributed by atoms with van der Waals surface area (Å²) in [6.45, 7) is 56.7. The number of carbonyl (C=O) groups is 6. The molecule has 3 unspecified atom stereocenters. The second kappa shape index (κ2) is 42.9. The summed E-state index contributed by atoms with van der Waals surface area (Å²) in [5, 5.41) is 0. The molecule has 24 aliphatic carbocycles. The van der Waals surface area contributed by atoms with Gasteiger partial charge in [-0.25, -0.2) is 0 Å². The molecule has 0 heterocycles. The second-order valence-electron chi connectivity index (χ2n) is 53.7. The summed E-state index contributed by atoms with van der Waals surface area (Å²) in [6, 6.07) is 0. The van der Waals surface area contributed by atoms with Crippen molar-refractivity contribution in [3.8, 4) is 0 Å². The molecule has 0 spiro atoms. The lowest BCUT2D eigenvalue weighted by Crippen LogP contribution is -2.60. The zero-order valence-electron chi connectivity index (χ0n) is 86.3. The van der Waals surface area contributed by atoms with Crippen molar-refractivity contribution in [2.45, 2.75) is 554 Å². The van der Waals surface area contributed by atoms with Gasteiger partial charge in [-0.15, -0.1) is 0 Å². The first kappa shape index (κ1) is 116. The van der Waals surface area contributed by atoms with Crippen molar-refractivity contribution in [1.29, 1.82) is 0 Å². The number of hydrogen-bond donors (Lipinski definition) is 0. The Kier molecular flexibility index (Phi) is 37.7. The smallest absolute Gasteiger partial charge is 0.312 e. The lowest BCUT2D eigenvalue weighted by Gasteiger charge is -2.62. The minimum atomic E-state index is -0.365. The van der Waals surface area contributed by atoms with E-state index in [4.69, 9.17) is 28.4 Å². The molecule has 12 nitrogen and oxygen atoms in total. The third kappa shape index (κ3) is 22.5. The molecule has 0 aliphatic heterocycles. The van der Waals surface area contributed by atoms with E-state index in [1.54, 1.807) is 0 Å². The van der Waals surface area contributed by atoms with Crippen molar-refractivity contribution in [3.05, 3.63) is 0 Å². The highest BCUT2D eigenvalue weighted by atomic mass is 16.6. The highest BCUT2D eigenvalue weighted by molar-refractivity contribution is 5.79. The fourth-order valence-corrected chi connectivity index (χ4v) is 32.6. The van der Waals surface area contributed by atoms with E-state index in [0.717, 1.165) is 153 Å². The lowest BCUT2D eigenvalue weighted by atomic mass is 9.45. The van der Waals surface area contributed by atoms with Crippen molar-refractivity contribution >= 4 is 35.8 Å². The van der Waals surface area contributed by atoms with E-state index in [2.05, 4.69) is 104 Å². The fraction of sp³-hybridized carbons (Fsp3) is 0.950. The third-order valence-electron chi connectivity index (χ3n) is 42.5. The Morgan fingerprint density at radius 2 is 0.500 bits per heavy atom. The number of rotatable bonds is 28. The van der Waals surface area contributed by atoms with Gasteiger partial charge in [0.2, 0.25) is 0 Å². The molecule has 0 aromatic rings. The SMILES string of the molecule is C.C.C.C.C.C.CCC(C)(C)C(=O)OC(C)(C)C12CC3CC(CC(C3)C1)C2.CCC(C)(C)C(=O)OC(C)(C)C12CC3CC(CC1C3)C2.CCC(C)(C)C(=O)OC1(C)C2CC3CC(C2)CC1C3.CCC(C)(C)C(=O)OC1(CC)C2CC3CC(C2)CC1C3.CCCCC(C)(OC(=O)C(C)(C)CC)C12CC3CC(CC(C3)C1)C2.CCCCC1(OC(=O)C(C)(C)CC)C2CC3CC(C2)CC1C3. The van der Waals surface area contributed by atoms with E-state index in [9.17, 15) is 28.8 Å². The molecule has 24 rings (SSSR count). The summed E-state index contributed by atoms with van der Waals surface area (Å²) in [6.07, 6.45) is 56.1. The molecule has 24 saturated carbocycles. The Bertz CT molecular complexity index is 3610. The van der Waals surface area contributed by atoms with Crippen LogP contribution in [0.3, 0.4) is 0 Å². The van der Waals surface area contributed by atoms with Crippen LogP contribution in [0.1, 0.15) is 520 Å². The second-order valence-corrected chi connectivity index (χ2v) is 53.7. The van der Waals surface area contributed by atoms with Gasteiger partial charge < -0.3 is 28.4 Å². The third-order valence-corrected chi connectivity index (χ3v) is 42.5. The van der Waals surface area contributed by atoms with Gasteiger partial charge in [0, 0.05) is 16.2 Å². The average Bonchev–Trinajstić information content (AvgIpc) is 1.57. The van der Waals surface area contributed by atoms with Crippen molar-refractivity contribution < 1.29 is 57.2 Å². The molecule has 24 aliphatic rings. The van der Waals surface area contributed by atoms with Crippen LogP contribution in [0.25, 0.3) is 0 Å². The van der Waals surface area contributed by atoms with Crippen LogP contribution in [-0.2, 0) is 57.2 Å². The quantitative estimate of drug-likeness (QED) is 0.0540. The number of carbonyl (C=O) groups excluding carboxylic acids is 6. The van der Waals surface area contributed by atoms with Crippen molar-refractivity contribution in [2.24, 2.45) is 173 Å². The molecule has 0 saturated heterocycles. The van der Waals surface area contributed by atoms with Crippen LogP contribution in [0.4, 0.5) is 0 Å². The molecule has 12 heteroatoms. The topological polar surface area (TPSA) is 158 Å². The summed E-state index contributed by atoms with van der Waals surface area (Å²) >= 11 is 0. The summed E-state index contributed by atoms with van der Waals surface area (Å²) < 4.78 is 37.5. The van der Waals surface area contributed by atoms with E-state index in [0.29, 0.717) is 35.5 Å². The number of esters is 6. The number of hydrogen-bond acceptors (Lipinski definition) is 12. The van der Waals surface area contributed by atoms with Gasteiger partial charge in [0.15, 0.2) is 0 Å². The first-order valence-corrected chi connectivity index (χ1v) is 54.2. The fourth-order valence-electron chi connectivity index (χ4n) is 32.6. The van der Waals surface area contributed by atoms with Gasteiger partial charge in [0.25, 0.3) is 0 Å².